The Hall–Kier alpha value is -3.73. The van der Waals surface area contributed by atoms with Crippen LogP contribution in [0.2, 0.25) is 0 Å². The molecule has 184 valence electrons. The number of benzene rings is 2. The van der Waals surface area contributed by atoms with Crippen molar-refractivity contribution in [1.29, 1.82) is 0 Å². The summed E-state index contributed by atoms with van der Waals surface area (Å²) in [6.07, 6.45) is 0. The minimum atomic E-state index is -0.506. The molecule has 2 aromatic carbocycles. The molecule has 10 nitrogen and oxygen atoms in total. The number of carbonyl (C=O) groups is 2. The largest absolute Gasteiger partial charge is 0.342 e. The quantitative estimate of drug-likeness (QED) is 0.258. The molecule has 1 atom stereocenters. The highest BCUT2D eigenvalue weighted by molar-refractivity contribution is 7.99. The maximum Gasteiger partial charge on any atom is 0.271 e. The van der Waals surface area contributed by atoms with Gasteiger partial charge < -0.3 is 15.2 Å². The van der Waals surface area contributed by atoms with Crippen molar-refractivity contribution >= 4 is 35.0 Å². The summed E-state index contributed by atoms with van der Waals surface area (Å²) in [6.45, 7) is 7.69. The molecule has 0 aliphatic heterocycles. The minimum absolute atomic E-state index is 0.0379. The molecule has 11 heteroatoms. The molecule has 0 aliphatic rings. The number of aromatic nitrogens is 3. The second kappa shape index (κ2) is 11.1. The molecule has 3 aromatic rings. The van der Waals surface area contributed by atoms with E-state index in [1.165, 1.54) is 23.9 Å². The van der Waals surface area contributed by atoms with Crippen LogP contribution in [0.5, 0.6) is 0 Å². The third-order valence-corrected chi connectivity index (χ3v) is 6.47. The van der Waals surface area contributed by atoms with Gasteiger partial charge in [0.05, 0.1) is 22.4 Å². The van der Waals surface area contributed by atoms with Gasteiger partial charge in [-0.3, -0.25) is 19.7 Å². The first-order chi connectivity index (χ1) is 16.6. The maximum atomic E-state index is 12.8. The van der Waals surface area contributed by atoms with Crippen molar-refractivity contribution in [2.75, 3.05) is 11.1 Å². The number of anilines is 1. The van der Waals surface area contributed by atoms with Crippen LogP contribution >= 0.6 is 11.8 Å². The first-order valence-electron chi connectivity index (χ1n) is 11.0. The fraction of sp³-hybridized carbons (Fsp3) is 0.333. The topological polar surface area (TPSA) is 132 Å². The van der Waals surface area contributed by atoms with Gasteiger partial charge in [-0.05, 0) is 37.5 Å². The Balaban J connectivity index is 1.67. The van der Waals surface area contributed by atoms with Crippen molar-refractivity contribution in [2.45, 2.75) is 38.9 Å². The average Bonchev–Trinajstić information content (AvgIpc) is 3.17. The molecule has 1 heterocycles. The molecule has 2 N–H and O–H groups in total. The standard InChI is InChI=1S/C24H28N6O4S/c1-14(2)21(26-23(32)17-9-6-15(3)7-10-17)22-27-28-24(29(22)5)35-13-20(31)25-19-12-18(30(33)34)11-8-16(19)4/h6-12,14,21H,13H2,1-5H3,(H,25,31)(H,26,32)/t21-/m0/s1. The highest BCUT2D eigenvalue weighted by Crippen LogP contribution is 2.26. The van der Waals surface area contributed by atoms with E-state index in [0.29, 0.717) is 22.2 Å². The number of thioether (sulfide) groups is 1. The van der Waals surface area contributed by atoms with Crippen molar-refractivity contribution in [1.82, 2.24) is 20.1 Å². The van der Waals surface area contributed by atoms with Crippen molar-refractivity contribution in [2.24, 2.45) is 13.0 Å². The van der Waals surface area contributed by atoms with Crippen LogP contribution in [0.25, 0.3) is 0 Å². The first-order valence-corrected chi connectivity index (χ1v) is 12.0. The summed E-state index contributed by atoms with van der Waals surface area (Å²) < 4.78 is 1.76. The summed E-state index contributed by atoms with van der Waals surface area (Å²) in [7, 11) is 1.79. The minimum Gasteiger partial charge on any atom is -0.342 e. The van der Waals surface area contributed by atoms with Gasteiger partial charge in [0.25, 0.3) is 11.6 Å². The zero-order chi connectivity index (χ0) is 25.7. The maximum absolute atomic E-state index is 12.8. The lowest BCUT2D eigenvalue weighted by Crippen LogP contribution is -2.33. The van der Waals surface area contributed by atoms with Crippen molar-refractivity contribution in [3.8, 4) is 0 Å². The highest BCUT2D eigenvalue weighted by atomic mass is 32.2. The van der Waals surface area contributed by atoms with Crippen molar-refractivity contribution in [3.63, 3.8) is 0 Å². The first kappa shape index (κ1) is 25.9. The third kappa shape index (κ3) is 6.44. The Bertz CT molecular complexity index is 1240. The molecule has 0 spiro atoms. The second-order valence-corrected chi connectivity index (χ2v) is 9.50. The lowest BCUT2D eigenvalue weighted by atomic mass is 10.0. The number of nitro groups is 1. The molecule has 1 aromatic heterocycles. The van der Waals surface area contributed by atoms with E-state index in [1.54, 1.807) is 36.7 Å². The van der Waals surface area contributed by atoms with E-state index in [0.717, 1.165) is 11.1 Å². The van der Waals surface area contributed by atoms with E-state index in [2.05, 4.69) is 20.8 Å². The van der Waals surface area contributed by atoms with Gasteiger partial charge in [-0.25, -0.2) is 0 Å². The molecule has 0 radical (unpaired) electrons. The normalized spacial score (nSPS) is 11.8. The van der Waals surface area contributed by atoms with Gasteiger partial charge in [0, 0.05) is 24.7 Å². The Kier molecular flexibility index (Phi) is 8.23. The zero-order valence-corrected chi connectivity index (χ0v) is 21.0. The Morgan fingerprint density at radius 3 is 2.43 bits per heavy atom. The number of nitrogens with one attached hydrogen (secondary N) is 2. The van der Waals surface area contributed by atoms with E-state index < -0.39 is 4.92 Å². The third-order valence-electron chi connectivity index (χ3n) is 5.45. The molecule has 0 saturated heterocycles. The number of hydrogen-bond donors (Lipinski definition) is 2. The fourth-order valence-electron chi connectivity index (χ4n) is 3.36. The summed E-state index contributed by atoms with van der Waals surface area (Å²) in [6, 6.07) is 11.3. The van der Waals surface area contributed by atoms with Gasteiger partial charge in [-0.1, -0.05) is 49.4 Å². The van der Waals surface area contributed by atoms with E-state index >= 15 is 0 Å². The molecular formula is C24H28N6O4S. The number of hydrogen-bond acceptors (Lipinski definition) is 7. The number of carbonyl (C=O) groups excluding carboxylic acids is 2. The lowest BCUT2D eigenvalue weighted by molar-refractivity contribution is -0.384. The fourth-order valence-corrected chi connectivity index (χ4v) is 4.07. The van der Waals surface area contributed by atoms with Gasteiger partial charge in [-0.15, -0.1) is 10.2 Å². The molecule has 0 saturated carbocycles. The second-order valence-electron chi connectivity index (χ2n) is 8.55. The Morgan fingerprint density at radius 1 is 1.11 bits per heavy atom. The van der Waals surface area contributed by atoms with Crippen LogP contribution < -0.4 is 10.6 Å². The smallest absolute Gasteiger partial charge is 0.271 e. The molecule has 0 aliphatic carbocycles. The van der Waals surface area contributed by atoms with Crippen LogP contribution in [0.1, 0.15) is 47.2 Å². The average molecular weight is 497 g/mol. The van der Waals surface area contributed by atoms with Crippen molar-refractivity contribution in [3.05, 3.63) is 75.1 Å². The lowest BCUT2D eigenvalue weighted by Gasteiger charge is -2.21. The molecular weight excluding hydrogens is 468 g/mol. The Labute approximate surface area is 207 Å². The van der Waals surface area contributed by atoms with E-state index in [4.69, 9.17) is 0 Å². The summed E-state index contributed by atoms with van der Waals surface area (Å²) in [4.78, 5) is 35.8. The van der Waals surface area contributed by atoms with Crippen LogP contribution in [0.3, 0.4) is 0 Å². The predicted octanol–water partition coefficient (Wildman–Crippen LogP) is 4.20. The number of non-ortho nitro benzene ring substituents is 1. The molecule has 0 fully saturated rings. The van der Waals surface area contributed by atoms with Gasteiger partial charge >= 0.3 is 0 Å². The van der Waals surface area contributed by atoms with E-state index in [9.17, 15) is 19.7 Å². The Morgan fingerprint density at radius 2 is 1.80 bits per heavy atom. The van der Waals surface area contributed by atoms with Gasteiger partial charge in [-0.2, -0.15) is 0 Å². The summed E-state index contributed by atoms with van der Waals surface area (Å²) in [5, 5.41) is 25.7. The van der Waals surface area contributed by atoms with E-state index in [1.807, 2.05) is 32.9 Å². The number of rotatable bonds is 9. The van der Waals surface area contributed by atoms with Gasteiger partial charge in [0.15, 0.2) is 11.0 Å². The van der Waals surface area contributed by atoms with Crippen LogP contribution in [-0.2, 0) is 11.8 Å². The zero-order valence-electron chi connectivity index (χ0n) is 20.2. The van der Waals surface area contributed by atoms with Crippen LogP contribution in [0, 0.1) is 29.9 Å². The van der Waals surface area contributed by atoms with Gasteiger partial charge in [0.2, 0.25) is 5.91 Å². The van der Waals surface area contributed by atoms with E-state index in [-0.39, 0.29) is 35.2 Å². The number of nitrogens with zero attached hydrogens (tertiary/aromatic N) is 4. The number of amides is 2. The monoisotopic (exact) mass is 496 g/mol. The summed E-state index contributed by atoms with van der Waals surface area (Å²) in [5.41, 5.74) is 2.65. The van der Waals surface area contributed by atoms with Gasteiger partial charge in [0.1, 0.15) is 0 Å². The predicted molar refractivity (Wildman–Crippen MR) is 134 cm³/mol. The summed E-state index contributed by atoms with van der Waals surface area (Å²) >= 11 is 1.19. The van der Waals surface area contributed by atoms with Crippen molar-refractivity contribution < 1.29 is 14.5 Å². The molecule has 0 unspecified atom stereocenters. The van der Waals surface area contributed by atoms with Crippen LogP contribution in [0.15, 0.2) is 47.6 Å². The number of aryl methyl sites for hydroxylation is 2. The molecule has 35 heavy (non-hydrogen) atoms. The molecule has 3 rings (SSSR count). The van der Waals surface area contributed by atoms with Crippen LogP contribution in [0.4, 0.5) is 11.4 Å². The molecule has 2 amide bonds. The highest BCUT2D eigenvalue weighted by Gasteiger charge is 2.25. The SMILES string of the molecule is Cc1ccc(C(=O)N[C@H](c2nnc(SCC(=O)Nc3cc([N+](=O)[O-])ccc3C)n2C)C(C)C)cc1. The van der Waals surface area contributed by atoms with Crippen LogP contribution in [-0.4, -0.2) is 37.3 Å². The molecule has 0 bridgehead atoms. The summed E-state index contributed by atoms with van der Waals surface area (Å²) in [5.74, 6) is 0.142. The number of nitro benzene ring substituents is 1.